The van der Waals surface area contributed by atoms with Crippen molar-refractivity contribution >= 4 is 6.34 Å². The highest BCUT2D eigenvalue weighted by Crippen LogP contribution is 2.34. The summed E-state index contributed by atoms with van der Waals surface area (Å²) >= 11 is 0. The van der Waals surface area contributed by atoms with E-state index in [1.54, 1.807) is 0 Å². The Morgan fingerprint density at radius 1 is 1.19 bits per heavy atom. The van der Waals surface area contributed by atoms with Gasteiger partial charge in [-0.25, -0.2) is 4.99 Å². The van der Waals surface area contributed by atoms with Crippen LogP contribution in [0.3, 0.4) is 0 Å². The molecule has 1 aromatic rings. The van der Waals surface area contributed by atoms with Gasteiger partial charge >= 0.3 is 0 Å². The minimum atomic E-state index is -0.0143. The first-order chi connectivity index (χ1) is 7.53. The molecule has 0 bridgehead atoms. The first-order valence-corrected chi connectivity index (χ1v) is 5.68. The number of quaternary nitrogens is 1. The van der Waals surface area contributed by atoms with Crippen LogP contribution in [0.4, 0.5) is 0 Å². The molecule has 2 N–H and O–H groups in total. The zero-order valence-electron chi connectivity index (χ0n) is 10.4. The molecule has 16 heavy (non-hydrogen) atoms. The summed E-state index contributed by atoms with van der Waals surface area (Å²) in [5, 5.41) is 2.00. The van der Waals surface area contributed by atoms with Crippen molar-refractivity contribution in [2.45, 2.75) is 33.1 Å². The van der Waals surface area contributed by atoms with Crippen LogP contribution in [0.2, 0.25) is 0 Å². The molecule has 1 aliphatic rings. The Bertz CT molecular complexity index is 468. The average Bonchev–Trinajstić information content (AvgIpc) is 2.75. The molecular formula is C14H19N2+. The van der Waals surface area contributed by atoms with Crippen molar-refractivity contribution in [3.05, 3.63) is 46.8 Å². The lowest BCUT2D eigenvalue weighted by molar-refractivity contribution is -0.447. The monoisotopic (exact) mass is 215 g/mol. The van der Waals surface area contributed by atoms with Gasteiger partial charge in [-0.1, -0.05) is 18.2 Å². The van der Waals surface area contributed by atoms with E-state index in [1.165, 1.54) is 16.7 Å². The van der Waals surface area contributed by atoms with Crippen LogP contribution in [-0.2, 0) is 5.41 Å². The van der Waals surface area contributed by atoms with Crippen molar-refractivity contribution in [3.8, 4) is 0 Å². The lowest BCUT2D eigenvalue weighted by Gasteiger charge is -2.26. The molecule has 0 unspecified atom stereocenters. The fourth-order valence-electron chi connectivity index (χ4n) is 2.24. The lowest BCUT2D eigenvalue weighted by atomic mass is 9.78. The molecule has 0 spiro atoms. The number of nitrogens with zero attached hydrogens (tertiary/aromatic N) is 1. The predicted octanol–water partition coefficient (Wildman–Crippen LogP) is 2.03. The Hall–Kier alpha value is -1.41. The SMILES string of the molecule is Cc1cccc(C(C)(C)C2=C[NH2+]C=N2)c1C. The largest absolute Gasteiger partial charge is 0.276 e. The Balaban J connectivity index is 2.50. The quantitative estimate of drug-likeness (QED) is 0.782. The van der Waals surface area contributed by atoms with E-state index in [1.807, 2.05) is 11.7 Å². The maximum atomic E-state index is 4.44. The standard InChI is InChI=1S/C14H18N2/c1-10-6-5-7-12(11(10)2)14(3,4)13-8-15-9-16-13/h5-9H,1-4H3,(H,15,16)/p+1. The number of nitrogens with two attached hydrogens (primary N) is 1. The van der Waals surface area contributed by atoms with E-state index < -0.39 is 0 Å². The normalized spacial score (nSPS) is 15.4. The van der Waals surface area contributed by atoms with Gasteiger partial charge in [0.05, 0.1) is 0 Å². The van der Waals surface area contributed by atoms with Gasteiger partial charge in [-0.15, -0.1) is 0 Å². The number of benzene rings is 1. The minimum Gasteiger partial charge on any atom is -0.276 e. The third kappa shape index (κ3) is 1.69. The number of hydrogen-bond donors (Lipinski definition) is 1. The molecular weight excluding hydrogens is 196 g/mol. The molecule has 2 heteroatoms. The molecule has 1 aliphatic heterocycles. The van der Waals surface area contributed by atoms with E-state index in [2.05, 4.69) is 57.1 Å². The van der Waals surface area contributed by atoms with Crippen LogP contribution < -0.4 is 5.32 Å². The molecule has 84 valence electrons. The molecule has 0 aliphatic carbocycles. The number of aliphatic imine (C=N–C) groups is 1. The highest BCUT2D eigenvalue weighted by molar-refractivity contribution is 5.52. The van der Waals surface area contributed by atoms with Gasteiger partial charge in [0.2, 0.25) is 0 Å². The molecule has 2 rings (SSSR count). The zero-order chi connectivity index (χ0) is 11.8. The average molecular weight is 215 g/mol. The van der Waals surface area contributed by atoms with Crippen LogP contribution in [0.25, 0.3) is 0 Å². The maximum Gasteiger partial charge on any atom is 0.191 e. The second kappa shape index (κ2) is 3.87. The lowest BCUT2D eigenvalue weighted by Crippen LogP contribution is -2.74. The molecule has 0 radical (unpaired) electrons. The number of aryl methyl sites for hydroxylation is 1. The van der Waals surface area contributed by atoms with Gasteiger partial charge in [0, 0.05) is 5.41 Å². The fourth-order valence-corrected chi connectivity index (χ4v) is 2.24. The van der Waals surface area contributed by atoms with Crippen molar-refractivity contribution in [2.24, 2.45) is 4.99 Å². The Morgan fingerprint density at radius 2 is 1.94 bits per heavy atom. The van der Waals surface area contributed by atoms with Crippen molar-refractivity contribution in [3.63, 3.8) is 0 Å². The number of allylic oxidation sites excluding steroid dienone is 1. The van der Waals surface area contributed by atoms with Gasteiger partial charge in [-0.2, -0.15) is 0 Å². The van der Waals surface area contributed by atoms with E-state index in [9.17, 15) is 0 Å². The Kier molecular flexibility index (Phi) is 2.68. The van der Waals surface area contributed by atoms with Gasteiger partial charge in [-0.05, 0) is 44.4 Å². The van der Waals surface area contributed by atoms with Crippen LogP contribution in [0.5, 0.6) is 0 Å². The third-order valence-electron chi connectivity index (χ3n) is 3.47. The summed E-state index contributed by atoms with van der Waals surface area (Å²) in [6.07, 6.45) is 3.96. The maximum absolute atomic E-state index is 4.44. The van der Waals surface area contributed by atoms with Gasteiger partial charge in [0.15, 0.2) is 6.34 Å². The number of rotatable bonds is 2. The van der Waals surface area contributed by atoms with Crippen LogP contribution in [0, 0.1) is 13.8 Å². The summed E-state index contributed by atoms with van der Waals surface area (Å²) in [7, 11) is 0. The first kappa shape index (κ1) is 11.1. The van der Waals surface area contributed by atoms with Crippen molar-refractivity contribution < 1.29 is 5.32 Å². The number of hydrogen-bond acceptors (Lipinski definition) is 1. The summed E-state index contributed by atoms with van der Waals surface area (Å²) in [6, 6.07) is 6.49. The van der Waals surface area contributed by atoms with E-state index in [-0.39, 0.29) is 5.41 Å². The van der Waals surface area contributed by atoms with E-state index in [4.69, 9.17) is 0 Å². The highest BCUT2D eigenvalue weighted by Gasteiger charge is 2.30. The topological polar surface area (TPSA) is 29.0 Å². The Morgan fingerprint density at radius 3 is 2.56 bits per heavy atom. The van der Waals surface area contributed by atoms with Crippen LogP contribution in [0.15, 0.2) is 35.1 Å². The first-order valence-electron chi connectivity index (χ1n) is 5.68. The highest BCUT2D eigenvalue weighted by atomic mass is 15.0. The van der Waals surface area contributed by atoms with Crippen LogP contribution >= 0.6 is 0 Å². The summed E-state index contributed by atoms with van der Waals surface area (Å²) in [4.78, 5) is 4.44. The van der Waals surface area contributed by atoms with Crippen molar-refractivity contribution in [2.75, 3.05) is 0 Å². The molecule has 2 nitrogen and oxygen atoms in total. The minimum absolute atomic E-state index is 0.0143. The molecule has 0 amide bonds. The molecule has 0 saturated carbocycles. The third-order valence-corrected chi connectivity index (χ3v) is 3.47. The summed E-state index contributed by atoms with van der Waals surface area (Å²) in [6.45, 7) is 8.82. The van der Waals surface area contributed by atoms with Gasteiger partial charge in [-0.3, -0.25) is 5.32 Å². The summed E-state index contributed by atoms with van der Waals surface area (Å²) < 4.78 is 0. The molecule has 0 fully saturated rings. The second-order valence-electron chi connectivity index (χ2n) is 4.89. The Labute approximate surface area is 97.1 Å². The molecule has 0 saturated heterocycles. The van der Waals surface area contributed by atoms with Crippen molar-refractivity contribution in [1.82, 2.24) is 0 Å². The molecule has 1 aromatic carbocycles. The smallest absolute Gasteiger partial charge is 0.191 e. The second-order valence-corrected chi connectivity index (χ2v) is 4.89. The van der Waals surface area contributed by atoms with Crippen molar-refractivity contribution in [1.29, 1.82) is 0 Å². The van der Waals surface area contributed by atoms with Gasteiger partial charge < -0.3 is 0 Å². The predicted molar refractivity (Wildman–Crippen MR) is 67.4 cm³/mol. The van der Waals surface area contributed by atoms with Gasteiger partial charge in [0.1, 0.15) is 11.9 Å². The summed E-state index contributed by atoms with van der Waals surface area (Å²) in [5.41, 5.74) is 5.21. The van der Waals surface area contributed by atoms with Crippen LogP contribution in [-0.4, -0.2) is 6.34 Å². The van der Waals surface area contributed by atoms with E-state index >= 15 is 0 Å². The fraction of sp³-hybridized carbons (Fsp3) is 0.357. The summed E-state index contributed by atoms with van der Waals surface area (Å²) in [5.74, 6) is 0. The van der Waals surface area contributed by atoms with E-state index in [0.29, 0.717) is 0 Å². The van der Waals surface area contributed by atoms with E-state index in [0.717, 1.165) is 5.70 Å². The zero-order valence-corrected chi connectivity index (χ0v) is 10.4. The molecule has 1 heterocycles. The van der Waals surface area contributed by atoms with Gasteiger partial charge in [0.25, 0.3) is 0 Å². The molecule has 0 atom stereocenters. The van der Waals surface area contributed by atoms with Crippen LogP contribution in [0.1, 0.15) is 30.5 Å². The molecule has 0 aromatic heterocycles.